The molecule has 3 N–H and O–H groups in total. The summed E-state index contributed by atoms with van der Waals surface area (Å²) in [6.45, 7) is -0.723. The van der Waals surface area contributed by atoms with E-state index in [2.05, 4.69) is 26.6 Å². The predicted octanol–water partition coefficient (Wildman–Crippen LogP) is 4.01. The van der Waals surface area contributed by atoms with Gasteiger partial charge in [0.25, 0.3) is 0 Å². The van der Waals surface area contributed by atoms with Crippen molar-refractivity contribution >= 4 is 39.4 Å². The monoisotopic (exact) mass is 496 g/mol. The average molecular weight is 497 g/mol. The third-order valence-electron chi connectivity index (χ3n) is 4.52. The zero-order valence-electron chi connectivity index (χ0n) is 17.0. The van der Waals surface area contributed by atoms with Gasteiger partial charge in [-0.1, -0.05) is 76.6 Å². The molecule has 0 aliphatic carbocycles. The summed E-state index contributed by atoms with van der Waals surface area (Å²) in [5.74, 6) is -2.12. The molecule has 0 fully saturated rings. The van der Waals surface area contributed by atoms with Crippen molar-refractivity contribution in [2.75, 3.05) is 18.5 Å². The lowest BCUT2D eigenvalue weighted by Crippen LogP contribution is -2.33. The van der Waals surface area contributed by atoms with Crippen molar-refractivity contribution in [2.45, 2.75) is 6.04 Å². The lowest BCUT2D eigenvalue weighted by molar-refractivity contribution is -0.129. The molecule has 0 saturated heterocycles. The van der Waals surface area contributed by atoms with Crippen LogP contribution in [0.15, 0.2) is 83.3 Å². The number of halogens is 1. The molecule has 0 bridgehead atoms. The zero-order valence-corrected chi connectivity index (χ0v) is 18.5. The van der Waals surface area contributed by atoms with Crippen LogP contribution in [0.2, 0.25) is 0 Å². The Balaban J connectivity index is 1.56. The molecule has 0 aliphatic rings. The lowest BCUT2D eigenvalue weighted by Gasteiger charge is -2.20. The maximum absolute atomic E-state index is 12.5. The summed E-state index contributed by atoms with van der Waals surface area (Å²) in [5, 5.41) is 14.7. The van der Waals surface area contributed by atoms with Crippen molar-refractivity contribution < 1.29 is 24.2 Å². The molecule has 2 amide bonds. The molecular weight excluding hydrogens is 476 g/mol. The van der Waals surface area contributed by atoms with Crippen molar-refractivity contribution in [3.8, 4) is 0 Å². The number of carboxylic acid groups (broad SMARTS) is 1. The molecule has 8 heteroatoms. The number of nitrogens with one attached hydrogen (secondary N) is 2. The van der Waals surface area contributed by atoms with E-state index in [-0.39, 0.29) is 29.8 Å². The number of carbonyl (C=O) groups excluding carboxylic acids is 2. The van der Waals surface area contributed by atoms with Gasteiger partial charge >= 0.3 is 5.97 Å². The maximum atomic E-state index is 12.5. The molecule has 0 atom stereocenters. The van der Waals surface area contributed by atoms with E-state index in [4.69, 9.17) is 4.74 Å². The highest BCUT2D eigenvalue weighted by atomic mass is 79.9. The number of anilines is 1. The first-order chi connectivity index (χ1) is 15.4. The van der Waals surface area contributed by atoms with E-state index in [1.54, 1.807) is 6.07 Å². The van der Waals surface area contributed by atoms with E-state index in [1.165, 1.54) is 12.1 Å². The summed E-state index contributed by atoms with van der Waals surface area (Å²) in [6.07, 6.45) is 0. The molecule has 0 heterocycles. The van der Waals surface area contributed by atoms with Gasteiger partial charge in [0.05, 0.1) is 17.3 Å². The Morgan fingerprint density at radius 1 is 0.844 bits per heavy atom. The normalized spacial score (nSPS) is 10.6. The molecule has 0 spiro atoms. The van der Waals surface area contributed by atoms with Crippen molar-refractivity contribution in [1.82, 2.24) is 5.32 Å². The molecule has 3 rings (SSSR count). The van der Waals surface area contributed by atoms with Crippen LogP contribution in [-0.2, 0) is 14.3 Å². The van der Waals surface area contributed by atoms with Crippen LogP contribution in [0.25, 0.3) is 0 Å². The van der Waals surface area contributed by atoms with Gasteiger partial charge in [-0.15, -0.1) is 0 Å². The van der Waals surface area contributed by atoms with Crippen LogP contribution in [0.1, 0.15) is 27.5 Å². The number of aromatic carboxylic acids is 1. The van der Waals surface area contributed by atoms with Crippen molar-refractivity contribution in [1.29, 1.82) is 0 Å². The fourth-order valence-electron chi connectivity index (χ4n) is 3.08. The van der Waals surface area contributed by atoms with E-state index in [0.717, 1.165) is 11.1 Å². The number of benzene rings is 3. The Bertz CT molecular complexity index is 1050. The van der Waals surface area contributed by atoms with E-state index in [9.17, 15) is 19.5 Å². The number of carbonyl (C=O) groups is 3. The second-order valence-corrected chi connectivity index (χ2v) is 7.77. The Morgan fingerprint density at radius 3 is 1.97 bits per heavy atom. The van der Waals surface area contributed by atoms with Gasteiger partial charge in [0.15, 0.2) is 0 Å². The van der Waals surface area contributed by atoms with Gasteiger partial charge in [0, 0.05) is 4.47 Å². The van der Waals surface area contributed by atoms with Gasteiger partial charge < -0.3 is 20.5 Å². The van der Waals surface area contributed by atoms with Crippen LogP contribution in [-0.4, -0.2) is 36.1 Å². The number of carboxylic acids is 1. The minimum atomic E-state index is -1.17. The molecule has 0 aromatic heterocycles. The van der Waals surface area contributed by atoms with Gasteiger partial charge in [-0.05, 0) is 29.3 Å². The molecule has 0 radical (unpaired) electrons. The predicted molar refractivity (Wildman–Crippen MR) is 123 cm³/mol. The molecule has 7 nitrogen and oxygen atoms in total. The third kappa shape index (κ3) is 6.50. The highest BCUT2D eigenvalue weighted by Gasteiger charge is 2.17. The first-order valence-electron chi connectivity index (χ1n) is 9.73. The van der Waals surface area contributed by atoms with Gasteiger partial charge in [0.1, 0.15) is 13.2 Å². The zero-order chi connectivity index (χ0) is 22.9. The largest absolute Gasteiger partial charge is 0.478 e. The molecule has 32 heavy (non-hydrogen) atoms. The van der Waals surface area contributed by atoms with Crippen LogP contribution >= 0.6 is 15.9 Å². The summed E-state index contributed by atoms with van der Waals surface area (Å²) in [5.41, 5.74) is 1.92. The topological polar surface area (TPSA) is 105 Å². The molecule has 164 valence electrons. The third-order valence-corrected chi connectivity index (χ3v) is 5.02. The van der Waals surface area contributed by atoms with Gasteiger partial charge in [-0.3, -0.25) is 9.59 Å². The standard InChI is InChI=1S/C24H21BrN2O5/c25-18-11-12-20(19(13-18)24(30)31)26-21(28)14-32-15-22(29)27-23(16-7-3-1-4-8-16)17-9-5-2-6-10-17/h1-13,23H,14-15H2,(H,26,28)(H,27,29)(H,30,31). The second-order valence-electron chi connectivity index (χ2n) is 6.86. The van der Waals surface area contributed by atoms with Crippen LogP contribution in [0.4, 0.5) is 5.69 Å². The number of rotatable bonds is 9. The molecule has 0 aliphatic heterocycles. The summed E-state index contributed by atoms with van der Waals surface area (Å²) in [6, 6.07) is 23.2. The Kier molecular flexibility index (Phi) is 8.13. The summed E-state index contributed by atoms with van der Waals surface area (Å²) in [7, 11) is 0. The van der Waals surface area contributed by atoms with Gasteiger partial charge in [-0.2, -0.15) is 0 Å². The van der Waals surface area contributed by atoms with E-state index in [0.29, 0.717) is 4.47 Å². The maximum Gasteiger partial charge on any atom is 0.337 e. The number of ether oxygens (including phenoxy) is 1. The van der Waals surface area contributed by atoms with Crippen molar-refractivity contribution in [3.63, 3.8) is 0 Å². The summed E-state index contributed by atoms with van der Waals surface area (Å²) >= 11 is 3.20. The van der Waals surface area contributed by atoms with Crippen molar-refractivity contribution in [3.05, 3.63) is 100 Å². The van der Waals surface area contributed by atoms with Crippen molar-refractivity contribution in [2.24, 2.45) is 0 Å². The first kappa shape index (κ1) is 23.2. The highest BCUT2D eigenvalue weighted by molar-refractivity contribution is 9.10. The number of amides is 2. The SMILES string of the molecule is O=C(COCC(=O)NC(c1ccccc1)c1ccccc1)Nc1ccc(Br)cc1C(=O)O. The quantitative estimate of drug-likeness (QED) is 0.415. The Hall–Kier alpha value is -3.49. The fourth-order valence-corrected chi connectivity index (χ4v) is 3.44. The fraction of sp³-hybridized carbons (Fsp3) is 0.125. The average Bonchev–Trinajstić information content (AvgIpc) is 2.79. The minimum Gasteiger partial charge on any atom is -0.478 e. The molecule has 3 aromatic carbocycles. The van der Waals surface area contributed by atoms with Gasteiger partial charge in [-0.25, -0.2) is 4.79 Å². The van der Waals surface area contributed by atoms with Crippen LogP contribution < -0.4 is 10.6 Å². The molecular formula is C24H21BrN2O5. The molecule has 3 aromatic rings. The van der Waals surface area contributed by atoms with Crippen LogP contribution in [0.5, 0.6) is 0 Å². The second kappa shape index (κ2) is 11.2. The Morgan fingerprint density at radius 2 is 1.41 bits per heavy atom. The van der Waals surface area contributed by atoms with E-state index in [1.807, 2.05) is 60.7 Å². The van der Waals surface area contributed by atoms with E-state index >= 15 is 0 Å². The lowest BCUT2D eigenvalue weighted by atomic mass is 9.99. The van der Waals surface area contributed by atoms with Crippen LogP contribution in [0, 0.1) is 0 Å². The smallest absolute Gasteiger partial charge is 0.337 e. The summed E-state index contributed by atoms with van der Waals surface area (Å²) in [4.78, 5) is 36.0. The highest BCUT2D eigenvalue weighted by Crippen LogP contribution is 2.22. The minimum absolute atomic E-state index is 0.0565. The Labute approximate surface area is 193 Å². The summed E-state index contributed by atoms with van der Waals surface area (Å²) < 4.78 is 5.82. The number of hydrogen-bond acceptors (Lipinski definition) is 4. The first-order valence-corrected chi connectivity index (χ1v) is 10.5. The van der Waals surface area contributed by atoms with Gasteiger partial charge in [0.2, 0.25) is 11.8 Å². The molecule has 0 saturated carbocycles. The number of hydrogen-bond donors (Lipinski definition) is 3. The van der Waals surface area contributed by atoms with E-state index < -0.39 is 18.5 Å². The molecule has 0 unspecified atom stereocenters. The van der Waals surface area contributed by atoms with Crippen LogP contribution in [0.3, 0.4) is 0 Å².